The lowest BCUT2D eigenvalue weighted by molar-refractivity contribution is 0.538. The third-order valence-corrected chi connectivity index (χ3v) is 5.44. The molecule has 2 aliphatic rings. The van der Waals surface area contributed by atoms with Crippen LogP contribution in [-0.4, -0.2) is 19.7 Å². The van der Waals surface area contributed by atoms with Crippen molar-refractivity contribution in [1.82, 2.24) is 4.72 Å². The van der Waals surface area contributed by atoms with Crippen molar-refractivity contribution in [2.24, 2.45) is 0 Å². The Bertz CT molecular complexity index is 274. The van der Waals surface area contributed by atoms with Crippen molar-refractivity contribution in [1.29, 1.82) is 0 Å². The van der Waals surface area contributed by atoms with Gasteiger partial charge in [0.2, 0.25) is 10.0 Å². The van der Waals surface area contributed by atoms with Crippen molar-refractivity contribution in [2.45, 2.75) is 62.7 Å². The number of hydrogen-bond acceptors (Lipinski definition) is 2. The smallest absolute Gasteiger partial charge is 0.212 e. The molecule has 0 saturated heterocycles. The predicted octanol–water partition coefficient (Wildman–Crippen LogP) is 1.79. The molecule has 0 unspecified atom stereocenters. The minimum Gasteiger partial charge on any atom is -0.212 e. The van der Waals surface area contributed by atoms with E-state index in [0.29, 0.717) is 0 Å². The van der Waals surface area contributed by atoms with Gasteiger partial charge in [0.1, 0.15) is 0 Å². The SMILES string of the molecule is O=S(=O)(NC1CCCC1)C1CCCC1. The number of nitrogens with one attached hydrogen (secondary N) is 1. The van der Waals surface area contributed by atoms with Crippen LogP contribution in [0.5, 0.6) is 0 Å². The number of rotatable bonds is 3. The first-order valence-electron chi connectivity index (χ1n) is 5.69. The van der Waals surface area contributed by atoms with Crippen LogP contribution in [-0.2, 0) is 10.0 Å². The first-order valence-corrected chi connectivity index (χ1v) is 7.24. The van der Waals surface area contributed by atoms with Crippen LogP contribution in [0.1, 0.15) is 51.4 Å². The molecule has 0 aromatic rings. The van der Waals surface area contributed by atoms with Gasteiger partial charge < -0.3 is 0 Å². The normalized spacial score (nSPS) is 26.0. The fourth-order valence-electron chi connectivity index (χ4n) is 2.57. The maximum atomic E-state index is 11.9. The first kappa shape index (κ1) is 10.4. The second-order valence-corrected chi connectivity index (χ2v) is 6.54. The van der Waals surface area contributed by atoms with Gasteiger partial charge in [-0.25, -0.2) is 13.1 Å². The Kier molecular flexibility index (Phi) is 3.12. The molecule has 82 valence electrons. The van der Waals surface area contributed by atoms with Crippen LogP contribution in [0, 0.1) is 0 Å². The molecule has 2 fully saturated rings. The van der Waals surface area contributed by atoms with E-state index < -0.39 is 10.0 Å². The summed E-state index contributed by atoms with van der Waals surface area (Å²) < 4.78 is 26.6. The molecule has 0 aromatic heterocycles. The zero-order chi connectivity index (χ0) is 10.0. The van der Waals surface area contributed by atoms with Crippen LogP contribution in [0.15, 0.2) is 0 Å². The molecule has 0 radical (unpaired) electrons. The average molecular weight is 217 g/mol. The Labute approximate surface area is 86.3 Å². The third-order valence-electron chi connectivity index (χ3n) is 3.43. The first-order chi connectivity index (χ1) is 6.68. The summed E-state index contributed by atoms with van der Waals surface area (Å²) in [7, 11) is -2.99. The highest BCUT2D eigenvalue weighted by atomic mass is 32.2. The Morgan fingerprint density at radius 3 is 1.93 bits per heavy atom. The summed E-state index contributed by atoms with van der Waals surface area (Å²) >= 11 is 0. The summed E-state index contributed by atoms with van der Waals surface area (Å²) in [5, 5.41) is -0.0944. The van der Waals surface area contributed by atoms with E-state index in [-0.39, 0.29) is 11.3 Å². The van der Waals surface area contributed by atoms with Crippen LogP contribution in [0.4, 0.5) is 0 Å². The highest BCUT2D eigenvalue weighted by Gasteiger charge is 2.31. The van der Waals surface area contributed by atoms with Gasteiger partial charge in [-0.3, -0.25) is 0 Å². The lowest BCUT2D eigenvalue weighted by atomic mass is 10.3. The van der Waals surface area contributed by atoms with E-state index in [4.69, 9.17) is 0 Å². The molecule has 0 atom stereocenters. The fraction of sp³-hybridized carbons (Fsp3) is 1.00. The van der Waals surface area contributed by atoms with Crippen LogP contribution in [0.25, 0.3) is 0 Å². The molecule has 1 N–H and O–H groups in total. The quantitative estimate of drug-likeness (QED) is 0.783. The Morgan fingerprint density at radius 1 is 0.857 bits per heavy atom. The highest BCUT2D eigenvalue weighted by molar-refractivity contribution is 7.90. The monoisotopic (exact) mass is 217 g/mol. The molecule has 0 amide bonds. The molecular formula is C10H19NO2S. The standard InChI is InChI=1S/C10H19NO2S/c12-14(13,10-7-3-4-8-10)11-9-5-1-2-6-9/h9-11H,1-8H2. The van der Waals surface area contributed by atoms with Gasteiger partial charge in [-0.15, -0.1) is 0 Å². The van der Waals surface area contributed by atoms with E-state index in [1.807, 2.05) is 0 Å². The van der Waals surface area contributed by atoms with Crippen molar-refractivity contribution in [3.63, 3.8) is 0 Å². The molecule has 0 aliphatic heterocycles. The Morgan fingerprint density at radius 2 is 1.36 bits per heavy atom. The summed E-state index contributed by atoms with van der Waals surface area (Å²) in [5.74, 6) is 0. The van der Waals surface area contributed by atoms with Gasteiger partial charge in [-0.05, 0) is 25.7 Å². The van der Waals surface area contributed by atoms with Gasteiger partial charge >= 0.3 is 0 Å². The zero-order valence-corrected chi connectivity index (χ0v) is 9.35. The molecule has 0 spiro atoms. The summed E-state index contributed by atoms with van der Waals surface area (Å²) in [5.41, 5.74) is 0. The lowest BCUT2D eigenvalue weighted by Gasteiger charge is -2.16. The number of sulfonamides is 1. The third kappa shape index (κ3) is 2.28. The Hall–Kier alpha value is -0.0900. The van der Waals surface area contributed by atoms with Crippen molar-refractivity contribution in [2.75, 3.05) is 0 Å². The summed E-state index contributed by atoms with van der Waals surface area (Å²) in [6, 6.07) is 0.237. The van der Waals surface area contributed by atoms with Gasteiger partial charge in [-0.1, -0.05) is 25.7 Å². The zero-order valence-electron chi connectivity index (χ0n) is 8.54. The molecule has 2 saturated carbocycles. The van der Waals surface area contributed by atoms with Crippen molar-refractivity contribution in [3.05, 3.63) is 0 Å². The van der Waals surface area contributed by atoms with E-state index in [1.54, 1.807) is 0 Å². The number of hydrogen-bond donors (Lipinski definition) is 1. The van der Waals surface area contributed by atoms with Gasteiger partial charge in [0, 0.05) is 6.04 Å². The largest absolute Gasteiger partial charge is 0.214 e. The van der Waals surface area contributed by atoms with E-state index in [9.17, 15) is 8.42 Å². The summed E-state index contributed by atoms with van der Waals surface area (Å²) in [6.45, 7) is 0. The van der Waals surface area contributed by atoms with Gasteiger partial charge in [0.15, 0.2) is 0 Å². The highest BCUT2D eigenvalue weighted by Crippen LogP contribution is 2.26. The van der Waals surface area contributed by atoms with Crippen LogP contribution >= 0.6 is 0 Å². The average Bonchev–Trinajstić information content (AvgIpc) is 2.71. The van der Waals surface area contributed by atoms with E-state index in [2.05, 4.69) is 4.72 Å². The molecule has 2 rings (SSSR count). The molecule has 0 bridgehead atoms. The van der Waals surface area contributed by atoms with Gasteiger partial charge in [0.05, 0.1) is 5.25 Å². The van der Waals surface area contributed by atoms with Crippen molar-refractivity contribution in [3.8, 4) is 0 Å². The topological polar surface area (TPSA) is 46.2 Å². The molecular weight excluding hydrogens is 198 g/mol. The molecule has 0 aromatic carbocycles. The van der Waals surface area contributed by atoms with E-state index in [0.717, 1.165) is 38.5 Å². The van der Waals surface area contributed by atoms with Crippen LogP contribution in [0.3, 0.4) is 0 Å². The Balaban J connectivity index is 1.93. The van der Waals surface area contributed by atoms with Gasteiger partial charge in [0.25, 0.3) is 0 Å². The second-order valence-electron chi connectivity index (χ2n) is 4.55. The lowest BCUT2D eigenvalue weighted by Crippen LogP contribution is -2.38. The van der Waals surface area contributed by atoms with E-state index >= 15 is 0 Å². The molecule has 4 heteroatoms. The van der Waals surface area contributed by atoms with E-state index in [1.165, 1.54) is 12.8 Å². The molecule has 14 heavy (non-hydrogen) atoms. The summed E-state index contributed by atoms with van der Waals surface area (Å²) in [4.78, 5) is 0. The van der Waals surface area contributed by atoms with Gasteiger partial charge in [-0.2, -0.15) is 0 Å². The minimum atomic E-state index is -2.99. The predicted molar refractivity (Wildman–Crippen MR) is 56.6 cm³/mol. The van der Waals surface area contributed by atoms with Crippen molar-refractivity contribution >= 4 is 10.0 Å². The second kappa shape index (κ2) is 4.19. The maximum Gasteiger partial charge on any atom is 0.214 e. The minimum absolute atomic E-state index is 0.0944. The van der Waals surface area contributed by atoms with Crippen molar-refractivity contribution < 1.29 is 8.42 Å². The molecule has 2 aliphatic carbocycles. The van der Waals surface area contributed by atoms with Crippen LogP contribution < -0.4 is 4.72 Å². The van der Waals surface area contributed by atoms with Crippen LogP contribution in [0.2, 0.25) is 0 Å². The fourth-order valence-corrected chi connectivity index (χ4v) is 4.42. The molecule has 0 heterocycles. The molecule has 3 nitrogen and oxygen atoms in total. The maximum absolute atomic E-state index is 11.9. The summed E-state index contributed by atoms with van der Waals surface area (Å²) in [6.07, 6.45) is 8.31.